The second kappa shape index (κ2) is 13.4. The van der Waals surface area contributed by atoms with Gasteiger partial charge in [0.05, 0.1) is 24.4 Å². The van der Waals surface area contributed by atoms with E-state index in [2.05, 4.69) is 34.6 Å². The summed E-state index contributed by atoms with van der Waals surface area (Å²) in [6, 6.07) is 0. The molecule has 6 rings (SSSR count). The third-order valence-electron chi connectivity index (χ3n) is 16.1. The Hall–Kier alpha value is -1.38. The second-order valence-corrected chi connectivity index (χ2v) is 19.5. The lowest BCUT2D eigenvalue weighted by atomic mass is 9.41. The molecule has 0 aromatic carbocycles. The normalized spacial score (nSPS) is 49.0. The van der Waals surface area contributed by atoms with E-state index >= 15 is 0 Å². The van der Waals surface area contributed by atoms with Gasteiger partial charge < -0.3 is 49.6 Å². The van der Waals surface area contributed by atoms with Crippen LogP contribution < -0.4 is 0 Å². The maximum Gasteiger partial charge on any atom is 0.302 e. The molecule has 12 nitrogen and oxygen atoms in total. The summed E-state index contributed by atoms with van der Waals surface area (Å²) in [6.07, 6.45) is -1.90. The Bertz CT molecular complexity index is 1360. The molecule has 1 aliphatic heterocycles. The molecule has 0 bridgehead atoms. The first-order valence-electron chi connectivity index (χ1n) is 19.7. The van der Waals surface area contributed by atoms with Gasteiger partial charge in [-0.05, 0) is 111 Å². The van der Waals surface area contributed by atoms with Gasteiger partial charge in [0.25, 0.3) is 0 Å². The number of hydrogen-bond acceptors (Lipinski definition) is 12. The van der Waals surface area contributed by atoms with Gasteiger partial charge in [0, 0.05) is 25.7 Å². The summed E-state index contributed by atoms with van der Waals surface area (Å²) in [7, 11) is 0. The van der Waals surface area contributed by atoms with E-state index in [1.165, 1.54) is 13.8 Å². The Labute approximate surface area is 308 Å². The lowest BCUT2D eigenvalue weighted by molar-refractivity contribution is -0.329. The Morgan fingerprint density at radius 2 is 1.52 bits per heavy atom. The highest BCUT2D eigenvalue weighted by atomic mass is 16.7. The lowest BCUT2D eigenvalue weighted by Crippen LogP contribution is -2.64. The molecule has 5 aliphatic carbocycles. The summed E-state index contributed by atoms with van der Waals surface area (Å²) in [5, 5.41) is 62.6. The van der Waals surface area contributed by atoms with E-state index in [1.807, 2.05) is 0 Å². The summed E-state index contributed by atoms with van der Waals surface area (Å²) in [6.45, 7) is 16.8. The number of carbonyl (C=O) groups is 2. The van der Waals surface area contributed by atoms with Gasteiger partial charge in [-0.3, -0.25) is 9.59 Å². The molecule has 17 atom stereocenters. The number of carbonyl (C=O) groups excluding carboxylic acids is 2. The summed E-state index contributed by atoms with van der Waals surface area (Å²) in [4.78, 5) is 25.5. The fourth-order valence-corrected chi connectivity index (χ4v) is 13.6. The monoisotopic (exact) mass is 738 g/mol. The molecule has 0 amide bonds. The van der Waals surface area contributed by atoms with Crippen molar-refractivity contribution in [3.05, 3.63) is 0 Å². The average Bonchev–Trinajstić information content (AvgIpc) is 3.62. The smallest absolute Gasteiger partial charge is 0.302 e. The maximum absolute atomic E-state index is 12.9. The van der Waals surface area contributed by atoms with Gasteiger partial charge in [0.2, 0.25) is 0 Å². The minimum absolute atomic E-state index is 0.00393. The SMILES string of the molecule is CC(=O)OC1CC2(C)C3CC(OC(C)=O)C4C(C)(C)C(OC5OC(CO)C(O)C(O)C5O)CCC45CC35CCC2(C)C1C(C)CCC(O)C(C)(C)O. The first-order chi connectivity index (χ1) is 24.0. The highest BCUT2D eigenvalue weighted by molar-refractivity contribution is 5.66. The van der Waals surface area contributed by atoms with Crippen molar-refractivity contribution in [1.29, 1.82) is 0 Å². The molecule has 17 unspecified atom stereocenters. The first kappa shape index (κ1) is 40.3. The number of esters is 2. The van der Waals surface area contributed by atoms with E-state index in [0.717, 1.165) is 25.7 Å². The predicted molar refractivity (Wildman–Crippen MR) is 188 cm³/mol. The molecule has 298 valence electrons. The van der Waals surface area contributed by atoms with Crippen LogP contribution in [0.4, 0.5) is 0 Å². The zero-order chi connectivity index (χ0) is 38.6. The summed E-state index contributed by atoms with van der Waals surface area (Å²) >= 11 is 0. The topological polar surface area (TPSA) is 192 Å². The van der Waals surface area contributed by atoms with Crippen LogP contribution in [0.15, 0.2) is 0 Å². The van der Waals surface area contributed by atoms with Gasteiger partial charge >= 0.3 is 11.9 Å². The van der Waals surface area contributed by atoms with Crippen LogP contribution in [0, 0.1) is 50.7 Å². The van der Waals surface area contributed by atoms with E-state index in [0.29, 0.717) is 32.1 Å². The van der Waals surface area contributed by atoms with Gasteiger partial charge in [-0.1, -0.05) is 34.6 Å². The van der Waals surface area contributed by atoms with Crippen LogP contribution in [0.3, 0.4) is 0 Å². The number of aliphatic hydroxyl groups excluding tert-OH is 5. The molecule has 52 heavy (non-hydrogen) atoms. The summed E-state index contributed by atoms with van der Waals surface area (Å²) in [5.74, 6) is -0.332. The number of rotatable bonds is 10. The zero-order valence-corrected chi connectivity index (χ0v) is 32.7. The average molecular weight is 739 g/mol. The van der Waals surface area contributed by atoms with E-state index < -0.39 is 66.6 Å². The highest BCUT2D eigenvalue weighted by Crippen LogP contribution is 2.89. The summed E-state index contributed by atoms with van der Waals surface area (Å²) < 4.78 is 24.8. The molecule has 12 heteroatoms. The van der Waals surface area contributed by atoms with E-state index in [1.54, 1.807) is 13.8 Å². The van der Waals surface area contributed by atoms with Crippen molar-refractivity contribution in [3.63, 3.8) is 0 Å². The molecule has 6 N–H and O–H groups in total. The predicted octanol–water partition coefficient (Wildman–Crippen LogP) is 3.24. The van der Waals surface area contributed by atoms with Crippen LogP contribution in [0.1, 0.15) is 120 Å². The molecule has 1 heterocycles. The third kappa shape index (κ3) is 5.99. The van der Waals surface area contributed by atoms with Crippen molar-refractivity contribution in [2.45, 2.75) is 181 Å². The van der Waals surface area contributed by atoms with E-state index in [-0.39, 0.29) is 63.4 Å². The Morgan fingerprint density at radius 3 is 2.12 bits per heavy atom. The molecular weight excluding hydrogens is 672 g/mol. The van der Waals surface area contributed by atoms with Crippen LogP contribution in [0.25, 0.3) is 0 Å². The quantitative estimate of drug-likeness (QED) is 0.142. The standard InChI is InChI=1S/C40H66O12/c1-20(10-11-27(44)36(6,7)48)29-24(50-22(3)43)17-38(9)26-16-23(49-21(2)42)33-35(4,5)28(52-34-32(47)31(46)30(45)25(18-41)51-34)12-13-40(33)19-39(26,40)15-14-37(29,38)8/h20,23-34,41,44-48H,10-19H2,1-9H3. The highest BCUT2D eigenvalue weighted by Gasteiger charge is 2.85. The lowest BCUT2D eigenvalue weighted by Gasteiger charge is -2.64. The van der Waals surface area contributed by atoms with Crippen LogP contribution in [0.2, 0.25) is 0 Å². The molecule has 0 aromatic rings. The Morgan fingerprint density at radius 1 is 0.885 bits per heavy atom. The van der Waals surface area contributed by atoms with E-state index in [9.17, 15) is 40.2 Å². The number of aliphatic hydroxyl groups is 6. The molecule has 2 spiro atoms. The molecule has 6 fully saturated rings. The number of fused-ring (bicyclic) bond motifs is 2. The Kier molecular flexibility index (Phi) is 10.4. The largest absolute Gasteiger partial charge is 0.462 e. The number of ether oxygens (including phenoxy) is 4. The maximum atomic E-state index is 12.9. The molecular formula is C40H66O12. The van der Waals surface area contributed by atoms with Crippen molar-refractivity contribution in [3.8, 4) is 0 Å². The van der Waals surface area contributed by atoms with Crippen molar-refractivity contribution >= 4 is 11.9 Å². The van der Waals surface area contributed by atoms with Gasteiger partial charge in [-0.25, -0.2) is 0 Å². The van der Waals surface area contributed by atoms with Crippen molar-refractivity contribution in [1.82, 2.24) is 0 Å². The number of hydrogen-bond donors (Lipinski definition) is 6. The Balaban J connectivity index is 1.31. The van der Waals surface area contributed by atoms with Gasteiger partial charge in [-0.15, -0.1) is 0 Å². The minimum atomic E-state index is -1.54. The van der Waals surface area contributed by atoms with Gasteiger partial charge in [0.1, 0.15) is 36.6 Å². The van der Waals surface area contributed by atoms with Crippen LogP contribution in [-0.2, 0) is 28.5 Å². The fraction of sp³-hybridized carbons (Fsp3) is 0.950. The van der Waals surface area contributed by atoms with E-state index in [4.69, 9.17) is 18.9 Å². The second-order valence-electron chi connectivity index (χ2n) is 19.5. The molecule has 0 aromatic heterocycles. The fourth-order valence-electron chi connectivity index (χ4n) is 13.6. The molecule has 6 aliphatic rings. The minimum Gasteiger partial charge on any atom is -0.462 e. The third-order valence-corrected chi connectivity index (χ3v) is 16.1. The van der Waals surface area contributed by atoms with Gasteiger partial charge in [-0.2, -0.15) is 0 Å². The summed E-state index contributed by atoms with van der Waals surface area (Å²) in [5.41, 5.74) is -2.29. The first-order valence-corrected chi connectivity index (χ1v) is 19.7. The van der Waals surface area contributed by atoms with Crippen LogP contribution in [-0.4, -0.2) is 110 Å². The molecule has 5 saturated carbocycles. The van der Waals surface area contributed by atoms with Crippen LogP contribution >= 0.6 is 0 Å². The van der Waals surface area contributed by atoms with Gasteiger partial charge in [0.15, 0.2) is 6.29 Å². The van der Waals surface area contributed by atoms with Crippen LogP contribution in [0.5, 0.6) is 0 Å². The molecule has 1 saturated heterocycles. The zero-order valence-electron chi connectivity index (χ0n) is 32.7. The van der Waals surface area contributed by atoms with Crippen molar-refractivity contribution < 1.29 is 59.2 Å². The van der Waals surface area contributed by atoms with Crippen molar-refractivity contribution in [2.75, 3.05) is 6.61 Å². The molecule has 0 radical (unpaired) electrons. The van der Waals surface area contributed by atoms with Crippen molar-refractivity contribution in [2.24, 2.45) is 50.7 Å².